The Morgan fingerprint density at radius 3 is 2.43 bits per heavy atom. The van der Waals surface area contributed by atoms with Gasteiger partial charge in [0.05, 0.1) is 15.6 Å². The van der Waals surface area contributed by atoms with Gasteiger partial charge in [0, 0.05) is 16.6 Å². The first kappa shape index (κ1) is 22.8. The summed E-state index contributed by atoms with van der Waals surface area (Å²) in [5, 5.41) is 3.54. The van der Waals surface area contributed by atoms with Gasteiger partial charge in [-0.05, 0) is 55.3 Å². The van der Waals surface area contributed by atoms with Crippen LogP contribution in [0.15, 0.2) is 47.4 Å². The first-order chi connectivity index (χ1) is 14.2. The van der Waals surface area contributed by atoms with E-state index in [1.54, 1.807) is 6.07 Å². The monoisotopic (exact) mass is 490 g/mol. The average Bonchev–Trinajstić information content (AvgIpc) is 3.20. The van der Waals surface area contributed by atoms with E-state index in [4.69, 9.17) is 39.5 Å². The number of carbonyl (C=O) groups is 2. The van der Waals surface area contributed by atoms with Crippen molar-refractivity contribution in [1.29, 1.82) is 0 Å². The smallest absolute Gasteiger partial charge is 0.324 e. The molecule has 160 valence electrons. The number of carbonyl (C=O) groups excluding carboxylic acids is 2. The summed E-state index contributed by atoms with van der Waals surface area (Å²) in [7, 11) is -3.91. The third-order valence-electron chi connectivity index (χ3n) is 4.44. The average molecular weight is 492 g/mol. The van der Waals surface area contributed by atoms with Gasteiger partial charge in [0.25, 0.3) is 5.91 Å². The van der Waals surface area contributed by atoms with E-state index < -0.39 is 34.5 Å². The maximum Gasteiger partial charge on any atom is 0.324 e. The minimum Gasteiger partial charge on any atom is -0.454 e. The maximum atomic E-state index is 12.9. The highest BCUT2D eigenvalue weighted by molar-refractivity contribution is 7.89. The molecule has 7 nitrogen and oxygen atoms in total. The number of hydrogen-bond acceptors (Lipinski definition) is 5. The fourth-order valence-electron chi connectivity index (χ4n) is 3.02. The Morgan fingerprint density at radius 1 is 1.07 bits per heavy atom. The van der Waals surface area contributed by atoms with E-state index in [0.717, 1.165) is 4.31 Å². The first-order valence-corrected chi connectivity index (χ1v) is 11.4. The van der Waals surface area contributed by atoms with Crippen LogP contribution < -0.4 is 5.32 Å². The van der Waals surface area contributed by atoms with Crippen LogP contribution in [0.25, 0.3) is 0 Å². The van der Waals surface area contributed by atoms with E-state index in [9.17, 15) is 18.0 Å². The third-order valence-corrected chi connectivity index (χ3v) is 7.18. The largest absolute Gasteiger partial charge is 0.454 e. The van der Waals surface area contributed by atoms with Crippen LogP contribution in [0.5, 0.6) is 0 Å². The van der Waals surface area contributed by atoms with Gasteiger partial charge in [-0.15, -0.1) is 0 Å². The van der Waals surface area contributed by atoms with Crippen molar-refractivity contribution in [2.45, 2.75) is 23.8 Å². The summed E-state index contributed by atoms with van der Waals surface area (Å²) in [6.45, 7) is -0.415. The molecule has 3 rings (SSSR count). The van der Waals surface area contributed by atoms with Crippen molar-refractivity contribution in [3.8, 4) is 0 Å². The number of amides is 1. The molecule has 1 heterocycles. The number of benzene rings is 2. The Balaban J connectivity index is 1.63. The van der Waals surface area contributed by atoms with Crippen LogP contribution in [-0.4, -0.2) is 43.8 Å². The fourth-order valence-corrected chi connectivity index (χ4v) is 5.13. The number of nitrogens with zero attached hydrogens (tertiary/aromatic N) is 1. The predicted octanol–water partition coefficient (Wildman–Crippen LogP) is 3.98. The Labute approximate surface area is 188 Å². The molecular formula is C19H17Cl3N2O5S. The second kappa shape index (κ2) is 9.53. The number of anilines is 1. The summed E-state index contributed by atoms with van der Waals surface area (Å²) in [5.74, 6) is -1.42. The molecule has 2 aromatic carbocycles. The van der Waals surface area contributed by atoms with E-state index in [0.29, 0.717) is 22.9 Å². The van der Waals surface area contributed by atoms with Gasteiger partial charge in [0.1, 0.15) is 6.04 Å². The van der Waals surface area contributed by atoms with Gasteiger partial charge < -0.3 is 10.1 Å². The standard InChI is InChI=1S/C19H17Cl3N2O5S/c20-12-3-6-14(7-4-12)30(27,28)24-9-1-2-17(24)19(26)29-11-18(25)23-16-10-13(21)5-8-15(16)22/h3-8,10,17H,1-2,9,11H2,(H,23,25)/t17-/m1/s1. The molecule has 1 amide bonds. The number of rotatable bonds is 6. The molecule has 0 spiro atoms. The van der Waals surface area contributed by atoms with E-state index in [2.05, 4.69) is 5.32 Å². The number of sulfonamides is 1. The summed E-state index contributed by atoms with van der Waals surface area (Å²) in [6.07, 6.45) is 0.796. The SMILES string of the molecule is O=C(COC(=O)[C@H]1CCCN1S(=O)(=O)c1ccc(Cl)cc1)Nc1cc(Cl)ccc1Cl. The van der Waals surface area contributed by atoms with Crippen molar-refractivity contribution in [3.05, 3.63) is 57.5 Å². The Bertz CT molecular complexity index is 1060. The lowest BCUT2D eigenvalue weighted by Gasteiger charge is -2.22. The lowest BCUT2D eigenvalue weighted by molar-refractivity contribution is -0.150. The van der Waals surface area contributed by atoms with Crippen LogP contribution in [0, 0.1) is 0 Å². The van der Waals surface area contributed by atoms with Crippen molar-refractivity contribution in [2.75, 3.05) is 18.5 Å². The Hall–Kier alpha value is -1.84. The van der Waals surface area contributed by atoms with Crippen molar-refractivity contribution in [3.63, 3.8) is 0 Å². The number of hydrogen-bond donors (Lipinski definition) is 1. The topological polar surface area (TPSA) is 92.8 Å². The van der Waals surface area contributed by atoms with Crippen LogP contribution in [0.2, 0.25) is 15.1 Å². The van der Waals surface area contributed by atoms with Crippen molar-refractivity contribution in [1.82, 2.24) is 4.31 Å². The van der Waals surface area contributed by atoms with Crippen LogP contribution in [-0.2, 0) is 24.3 Å². The molecular weight excluding hydrogens is 475 g/mol. The van der Waals surface area contributed by atoms with Gasteiger partial charge >= 0.3 is 5.97 Å². The zero-order valence-corrected chi connectivity index (χ0v) is 18.6. The van der Waals surface area contributed by atoms with E-state index in [1.807, 2.05) is 0 Å². The zero-order chi connectivity index (χ0) is 21.9. The van der Waals surface area contributed by atoms with E-state index in [-0.39, 0.29) is 22.2 Å². The highest BCUT2D eigenvalue weighted by Gasteiger charge is 2.40. The highest BCUT2D eigenvalue weighted by atomic mass is 35.5. The fraction of sp³-hybridized carbons (Fsp3) is 0.263. The molecule has 0 bridgehead atoms. The number of esters is 1. The molecule has 1 aliphatic rings. The lowest BCUT2D eigenvalue weighted by Crippen LogP contribution is -2.42. The summed E-state index contributed by atoms with van der Waals surface area (Å²) in [4.78, 5) is 24.6. The molecule has 0 unspecified atom stereocenters. The zero-order valence-electron chi connectivity index (χ0n) is 15.5. The maximum absolute atomic E-state index is 12.9. The molecule has 0 aliphatic carbocycles. The first-order valence-electron chi connectivity index (χ1n) is 8.87. The predicted molar refractivity (Wildman–Crippen MR) is 114 cm³/mol. The van der Waals surface area contributed by atoms with Crippen LogP contribution in [0.1, 0.15) is 12.8 Å². The second-order valence-electron chi connectivity index (χ2n) is 6.51. The molecule has 1 aliphatic heterocycles. The van der Waals surface area contributed by atoms with Crippen LogP contribution >= 0.6 is 34.8 Å². The minimum absolute atomic E-state index is 0.0277. The second-order valence-corrected chi connectivity index (χ2v) is 9.68. The Kier molecular flexibility index (Phi) is 7.26. The van der Waals surface area contributed by atoms with Gasteiger partial charge in [0.2, 0.25) is 10.0 Å². The lowest BCUT2D eigenvalue weighted by atomic mass is 10.2. The molecule has 1 saturated heterocycles. The van der Waals surface area contributed by atoms with Crippen molar-refractivity contribution < 1.29 is 22.7 Å². The van der Waals surface area contributed by atoms with Gasteiger partial charge in [0.15, 0.2) is 6.61 Å². The molecule has 1 atom stereocenters. The third kappa shape index (κ3) is 5.25. The molecule has 0 aromatic heterocycles. The number of nitrogens with one attached hydrogen (secondary N) is 1. The molecule has 1 N–H and O–H groups in total. The molecule has 2 aromatic rings. The van der Waals surface area contributed by atoms with E-state index >= 15 is 0 Å². The molecule has 1 fully saturated rings. The normalized spacial score (nSPS) is 17.0. The summed E-state index contributed by atoms with van der Waals surface area (Å²) < 4.78 is 31.9. The van der Waals surface area contributed by atoms with Crippen LogP contribution in [0.4, 0.5) is 5.69 Å². The van der Waals surface area contributed by atoms with Crippen molar-refractivity contribution >= 4 is 62.4 Å². The van der Waals surface area contributed by atoms with E-state index in [1.165, 1.54) is 36.4 Å². The number of ether oxygens (including phenoxy) is 1. The molecule has 0 saturated carbocycles. The molecule has 11 heteroatoms. The summed E-state index contributed by atoms with van der Waals surface area (Å²) in [5.41, 5.74) is 0.276. The van der Waals surface area contributed by atoms with Crippen molar-refractivity contribution in [2.24, 2.45) is 0 Å². The molecule has 0 radical (unpaired) electrons. The van der Waals surface area contributed by atoms with Gasteiger partial charge in [-0.2, -0.15) is 4.31 Å². The van der Waals surface area contributed by atoms with Gasteiger partial charge in [-0.25, -0.2) is 8.42 Å². The summed E-state index contributed by atoms with van der Waals surface area (Å²) in [6, 6.07) is 9.21. The Morgan fingerprint density at radius 2 is 1.73 bits per heavy atom. The van der Waals surface area contributed by atoms with Gasteiger partial charge in [-0.3, -0.25) is 9.59 Å². The van der Waals surface area contributed by atoms with Crippen LogP contribution in [0.3, 0.4) is 0 Å². The highest BCUT2D eigenvalue weighted by Crippen LogP contribution is 2.28. The quantitative estimate of drug-likeness (QED) is 0.617. The molecule has 30 heavy (non-hydrogen) atoms. The number of halogens is 3. The minimum atomic E-state index is -3.91. The summed E-state index contributed by atoms with van der Waals surface area (Å²) >= 11 is 17.7. The van der Waals surface area contributed by atoms with Gasteiger partial charge in [-0.1, -0.05) is 34.8 Å².